The van der Waals surface area contributed by atoms with Crippen LogP contribution in [0.15, 0.2) is 65.3 Å². The van der Waals surface area contributed by atoms with E-state index in [0.29, 0.717) is 30.9 Å². The molecule has 1 aromatic heterocycles. The molecule has 2 heterocycles. The molecule has 0 aliphatic carbocycles. The summed E-state index contributed by atoms with van der Waals surface area (Å²) in [7, 11) is 1.60. The van der Waals surface area contributed by atoms with Crippen molar-refractivity contribution in [2.24, 2.45) is 0 Å². The van der Waals surface area contributed by atoms with Gasteiger partial charge in [0.1, 0.15) is 5.76 Å². The van der Waals surface area contributed by atoms with Crippen LogP contribution in [0, 0.1) is 0 Å². The maximum atomic E-state index is 12.9. The third-order valence-corrected chi connectivity index (χ3v) is 5.82. The average Bonchev–Trinajstić information content (AvgIpc) is 3.48. The fraction of sp³-hybridized carbons (Fsp3) is 0.269. The van der Waals surface area contributed by atoms with Crippen molar-refractivity contribution in [3.63, 3.8) is 0 Å². The molecule has 0 radical (unpaired) electrons. The molecule has 0 spiro atoms. The minimum absolute atomic E-state index is 0.0208. The van der Waals surface area contributed by atoms with Crippen molar-refractivity contribution in [2.45, 2.75) is 26.4 Å². The highest BCUT2D eigenvalue weighted by Gasteiger charge is 2.22. The van der Waals surface area contributed by atoms with E-state index in [1.807, 2.05) is 47.4 Å². The van der Waals surface area contributed by atoms with Crippen LogP contribution in [-0.2, 0) is 29.1 Å². The molecule has 176 valence electrons. The molecule has 0 saturated carbocycles. The molecule has 3 amide bonds. The van der Waals surface area contributed by atoms with Crippen LogP contribution in [0.4, 0.5) is 11.4 Å². The number of amides is 3. The van der Waals surface area contributed by atoms with E-state index in [-0.39, 0.29) is 24.3 Å². The van der Waals surface area contributed by atoms with Crippen LogP contribution >= 0.6 is 0 Å². The van der Waals surface area contributed by atoms with Gasteiger partial charge in [0, 0.05) is 44.0 Å². The highest BCUT2D eigenvalue weighted by molar-refractivity contribution is 5.96. The van der Waals surface area contributed by atoms with E-state index in [9.17, 15) is 14.4 Å². The summed E-state index contributed by atoms with van der Waals surface area (Å²) >= 11 is 0. The fourth-order valence-corrected chi connectivity index (χ4v) is 4.16. The van der Waals surface area contributed by atoms with E-state index < -0.39 is 0 Å². The molecule has 2 N–H and O–H groups in total. The number of nitrogens with zero attached hydrogens (tertiary/aromatic N) is 2. The van der Waals surface area contributed by atoms with Gasteiger partial charge in [-0.15, -0.1) is 0 Å². The Morgan fingerprint density at radius 2 is 1.85 bits per heavy atom. The third kappa shape index (κ3) is 5.52. The summed E-state index contributed by atoms with van der Waals surface area (Å²) in [5.41, 5.74) is 4.24. The smallest absolute Gasteiger partial charge is 0.251 e. The molecule has 8 nitrogen and oxygen atoms in total. The number of benzene rings is 2. The zero-order chi connectivity index (χ0) is 24.1. The first-order chi connectivity index (χ1) is 16.4. The standard InChI is InChI=1S/C26H28N4O4/c1-18(31)30-12-11-21-14-22(9-10-24(21)30)28-25(32)17-29(16-23-4-3-13-34-23)15-19-5-7-20(8-6-19)26(33)27-2/h3-10,13-14H,11-12,15-17H2,1-2H3,(H,27,33)(H,28,32). The van der Waals surface area contributed by atoms with Crippen molar-refractivity contribution >= 4 is 29.1 Å². The first-order valence-electron chi connectivity index (χ1n) is 11.2. The van der Waals surface area contributed by atoms with E-state index in [1.54, 1.807) is 37.3 Å². The molecular formula is C26H28N4O4. The van der Waals surface area contributed by atoms with Gasteiger partial charge in [-0.1, -0.05) is 12.1 Å². The summed E-state index contributed by atoms with van der Waals surface area (Å²) < 4.78 is 5.49. The number of carbonyl (C=O) groups is 3. The Bertz CT molecular complexity index is 1170. The molecule has 1 aliphatic rings. The van der Waals surface area contributed by atoms with Crippen LogP contribution in [0.1, 0.15) is 34.2 Å². The Hall–Kier alpha value is -3.91. The second kappa shape index (κ2) is 10.4. The molecule has 8 heteroatoms. The Morgan fingerprint density at radius 3 is 2.53 bits per heavy atom. The molecule has 0 unspecified atom stereocenters. The maximum absolute atomic E-state index is 12.9. The maximum Gasteiger partial charge on any atom is 0.251 e. The molecule has 4 rings (SSSR count). The van der Waals surface area contributed by atoms with Crippen LogP contribution in [0.2, 0.25) is 0 Å². The third-order valence-electron chi connectivity index (χ3n) is 5.82. The highest BCUT2D eigenvalue weighted by atomic mass is 16.3. The Labute approximate surface area is 198 Å². The first-order valence-corrected chi connectivity index (χ1v) is 11.2. The molecule has 2 aromatic carbocycles. The highest BCUT2D eigenvalue weighted by Crippen LogP contribution is 2.30. The summed E-state index contributed by atoms with van der Waals surface area (Å²) in [6.07, 6.45) is 2.38. The van der Waals surface area contributed by atoms with Crippen molar-refractivity contribution in [2.75, 3.05) is 30.4 Å². The van der Waals surface area contributed by atoms with Gasteiger partial charge in [0.25, 0.3) is 5.91 Å². The molecular weight excluding hydrogens is 432 g/mol. The zero-order valence-corrected chi connectivity index (χ0v) is 19.3. The number of carbonyl (C=O) groups excluding carboxylic acids is 3. The summed E-state index contributed by atoms with van der Waals surface area (Å²) in [4.78, 5) is 40.2. The lowest BCUT2D eigenvalue weighted by atomic mass is 10.1. The zero-order valence-electron chi connectivity index (χ0n) is 19.3. The lowest BCUT2D eigenvalue weighted by Gasteiger charge is -2.21. The molecule has 0 bridgehead atoms. The van der Waals surface area contributed by atoms with Gasteiger partial charge in [0.15, 0.2) is 0 Å². The molecule has 0 fully saturated rings. The van der Waals surface area contributed by atoms with Crippen LogP contribution in [0.5, 0.6) is 0 Å². The van der Waals surface area contributed by atoms with Gasteiger partial charge >= 0.3 is 0 Å². The molecule has 1 aliphatic heterocycles. The van der Waals surface area contributed by atoms with Crippen molar-refractivity contribution in [1.82, 2.24) is 10.2 Å². The van der Waals surface area contributed by atoms with E-state index in [0.717, 1.165) is 29.0 Å². The molecule has 0 atom stereocenters. The molecule has 34 heavy (non-hydrogen) atoms. The van der Waals surface area contributed by atoms with Crippen molar-refractivity contribution in [1.29, 1.82) is 0 Å². The molecule has 0 saturated heterocycles. The van der Waals surface area contributed by atoms with Gasteiger partial charge in [-0.3, -0.25) is 19.3 Å². The van der Waals surface area contributed by atoms with Gasteiger partial charge in [-0.25, -0.2) is 0 Å². The van der Waals surface area contributed by atoms with Crippen LogP contribution in [0.3, 0.4) is 0 Å². The summed E-state index contributed by atoms with van der Waals surface area (Å²) in [5.74, 6) is 0.498. The Kier molecular flexibility index (Phi) is 7.08. The van der Waals surface area contributed by atoms with E-state index in [1.165, 1.54) is 0 Å². The van der Waals surface area contributed by atoms with Gasteiger partial charge < -0.3 is 20.0 Å². The number of furan rings is 1. The minimum atomic E-state index is -0.144. The van der Waals surface area contributed by atoms with Crippen molar-refractivity contribution < 1.29 is 18.8 Å². The van der Waals surface area contributed by atoms with Crippen molar-refractivity contribution in [3.05, 3.63) is 83.3 Å². The number of rotatable bonds is 8. The number of hydrogen-bond donors (Lipinski definition) is 2. The number of fused-ring (bicyclic) bond motifs is 1. The van der Waals surface area contributed by atoms with Gasteiger partial charge in [0.05, 0.1) is 19.4 Å². The SMILES string of the molecule is CNC(=O)c1ccc(CN(CC(=O)Nc2ccc3c(c2)CCN3C(C)=O)Cc2ccco2)cc1. The van der Waals surface area contributed by atoms with Gasteiger partial charge in [-0.05, 0) is 60.0 Å². The van der Waals surface area contributed by atoms with Gasteiger partial charge in [0.2, 0.25) is 11.8 Å². The van der Waals surface area contributed by atoms with Crippen LogP contribution in [0.25, 0.3) is 0 Å². The predicted molar refractivity (Wildman–Crippen MR) is 129 cm³/mol. The summed E-state index contributed by atoms with van der Waals surface area (Å²) in [5, 5.41) is 5.59. The van der Waals surface area contributed by atoms with Crippen molar-refractivity contribution in [3.8, 4) is 0 Å². The number of nitrogens with one attached hydrogen (secondary N) is 2. The number of anilines is 2. The molecule has 3 aromatic rings. The summed E-state index contributed by atoms with van der Waals surface area (Å²) in [6, 6.07) is 16.7. The lowest BCUT2D eigenvalue weighted by molar-refractivity contribution is -0.118. The van der Waals surface area contributed by atoms with Crippen LogP contribution in [-0.4, -0.2) is 42.8 Å². The van der Waals surface area contributed by atoms with Gasteiger partial charge in [-0.2, -0.15) is 0 Å². The fourth-order valence-electron chi connectivity index (χ4n) is 4.16. The minimum Gasteiger partial charge on any atom is -0.468 e. The first kappa shape index (κ1) is 23.3. The topological polar surface area (TPSA) is 94.9 Å². The quantitative estimate of drug-likeness (QED) is 0.538. The lowest BCUT2D eigenvalue weighted by Crippen LogP contribution is -2.32. The van der Waals surface area contributed by atoms with E-state index in [4.69, 9.17) is 4.42 Å². The normalized spacial score (nSPS) is 12.5. The number of hydrogen-bond acceptors (Lipinski definition) is 5. The monoisotopic (exact) mass is 460 g/mol. The average molecular weight is 461 g/mol. The van der Waals surface area contributed by atoms with Crippen LogP contribution < -0.4 is 15.5 Å². The predicted octanol–water partition coefficient (Wildman–Crippen LogP) is 3.19. The van der Waals surface area contributed by atoms with E-state index in [2.05, 4.69) is 10.6 Å². The van der Waals surface area contributed by atoms with E-state index >= 15 is 0 Å². The Morgan fingerprint density at radius 1 is 1.06 bits per heavy atom. The Balaban J connectivity index is 1.43. The largest absolute Gasteiger partial charge is 0.468 e. The second-order valence-electron chi connectivity index (χ2n) is 8.31. The summed E-state index contributed by atoms with van der Waals surface area (Å²) in [6.45, 7) is 3.37. The second-order valence-corrected chi connectivity index (χ2v) is 8.31.